The zero-order valence-electron chi connectivity index (χ0n) is 17.3. The van der Waals surface area contributed by atoms with E-state index in [1.54, 1.807) is 14.2 Å². The van der Waals surface area contributed by atoms with E-state index >= 15 is 0 Å². The van der Waals surface area contributed by atoms with Crippen molar-refractivity contribution in [1.82, 2.24) is 5.32 Å². The van der Waals surface area contributed by atoms with Gasteiger partial charge in [0, 0.05) is 30.6 Å². The van der Waals surface area contributed by atoms with Crippen LogP contribution in [-0.4, -0.2) is 26.9 Å². The molecular weight excluding hydrogens is 354 g/mol. The maximum Gasteiger partial charge on any atom is 0.161 e. The van der Waals surface area contributed by atoms with Gasteiger partial charge in [-0.15, -0.1) is 0 Å². The van der Waals surface area contributed by atoms with Gasteiger partial charge < -0.3 is 24.3 Å². The first-order valence-corrected chi connectivity index (χ1v) is 10.0. The number of fused-ring (bicyclic) bond motifs is 1. The fourth-order valence-electron chi connectivity index (χ4n) is 3.42. The van der Waals surface area contributed by atoms with Crippen molar-refractivity contribution in [1.29, 1.82) is 0 Å². The van der Waals surface area contributed by atoms with E-state index in [1.807, 2.05) is 12.1 Å². The van der Waals surface area contributed by atoms with Crippen molar-refractivity contribution < 1.29 is 18.9 Å². The zero-order valence-corrected chi connectivity index (χ0v) is 17.3. The minimum Gasteiger partial charge on any atom is -0.496 e. The van der Waals surface area contributed by atoms with Crippen LogP contribution in [0, 0.1) is 0 Å². The number of nitrogens with one attached hydrogen (secondary N) is 1. The molecule has 5 heteroatoms. The van der Waals surface area contributed by atoms with Crippen LogP contribution in [0.5, 0.6) is 23.0 Å². The Morgan fingerprint density at radius 1 is 1.04 bits per heavy atom. The Bertz CT molecular complexity index is 790. The highest BCUT2D eigenvalue weighted by Crippen LogP contribution is 2.35. The van der Waals surface area contributed by atoms with Crippen molar-refractivity contribution in [2.75, 3.05) is 20.8 Å². The first-order valence-electron chi connectivity index (χ1n) is 10.0. The van der Waals surface area contributed by atoms with Crippen molar-refractivity contribution >= 4 is 0 Å². The molecule has 5 nitrogen and oxygen atoms in total. The molecule has 2 aromatic rings. The summed E-state index contributed by atoms with van der Waals surface area (Å²) in [5, 5.41) is 3.50. The predicted molar refractivity (Wildman–Crippen MR) is 111 cm³/mol. The molecule has 0 spiro atoms. The van der Waals surface area contributed by atoms with E-state index in [9.17, 15) is 0 Å². The molecule has 1 N–H and O–H groups in total. The van der Waals surface area contributed by atoms with Crippen LogP contribution in [0.3, 0.4) is 0 Å². The van der Waals surface area contributed by atoms with Crippen LogP contribution in [0.15, 0.2) is 30.3 Å². The fraction of sp³-hybridized carbons (Fsp3) is 0.478. The third kappa shape index (κ3) is 4.90. The van der Waals surface area contributed by atoms with Crippen LogP contribution >= 0.6 is 0 Å². The molecule has 0 saturated carbocycles. The summed E-state index contributed by atoms with van der Waals surface area (Å²) in [6.45, 7) is 6.38. The monoisotopic (exact) mass is 385 g/mol. The number of hydrogen-bond donors (Lipinski definition) is 1. The topological polar surface area (TPSA) is 49.0 Å². The number of ether oxygens (including phenoxy) is 4. The Morgan fingerprint density at radius 3 is 2.61 bits per heavy atom. The van der Waals surface area contributed by atoms with Gasteiger partial charge in [-0.3, -0.25) is 0 Å². The van der Waals surface area contributed by atoms with E-state index in [4.69, 9.17) is 18.9 Å². The van der Waals surface area contributed by atoms with Gasteiger partial charge in [0.05, 0.1) is 20.8 Å². The van der Waals surface area contributed by atoms with E-state index in [-0.39, 0.29) is 6.10 Å². The lowest BCUT2D eigenvalue weighted by Crippen LogP contribution is -2.14. The third-order valence-electron chi connectivity index (χ3n) is 4.93. The van der Waals surface area contributed by atoms with Crippen LogP contribution in [0.4, 0.5) is 0 Å². The third-order valence-corrected chi connectivity index (χ3v) is 4.93. The molecule has 1 heterocycles. The summed E-state index contributed by atoms with van der Waals surface area (Å²) in [4.78, 5) is 0. The van der Waals surface area contributed by atoms with Gasteiger partial charge in [0.15, 0.2) is 11.5 Å². The Morgan fingerprint density at radius 2 is 1.86 bits per heavy atom. The van der Waals surface area contributed by atoms with Crippen LogP contribution in [0.2, 0.25) is 0 Å². The molecule has 0 bridgehead atoms. The lowest BCUT2D eigenvalue weighted by atomic mass is 10.1. The Hall–Kier alpha value is -2.40. The summed E-state index contributed by atoms with van der Waals surface area (Å²) < 4.78 is 22.8. The van der Waals surface area contributed by atoms with E-state index in [0.29, 0.717) is 13.2 Å². The molecule has 0 fully saturated rings. The maximum absolute atomic E-state index is 5.89. The van der Waals surface area contributed by atoms with Crippen LogP contribution in [0.1, 0.15) is 43.4 Å². The van der Waals surface area contributed by atoms with Crippen LogP contribution < -0.4 is 24.3 Å². The second kappa shape index (κ2) is 9.69. The second-order valence-electron chi connectivity index (χ2n) is 7.20. The molecule has 28 heavy (non-hydrogen) atoms. The minimum absolute atomic E-state index is 0.230. The summed E-state index contributed by atoms with van der Waals surface area (Å²) in [5.74, 6) is 3.45. The van der Waals surface area contributed by atoms with E-state index < -0.39 is 0 Å². The van der Waals surface area contributed by atoms with Gasteiger partial charge in [-0.05, 0) is 43.2 Å². The normalized spacial score (nSPS) is 15.1. The van der Waals surface area contributed by atoms with Crippen molar-refractivity contribution in [2.45, 2.75) is 52.3 Å². The van der Waals surface area contributed by atoms with E-state index in [1.165, 1.54) is 5.56 Å². The first kappa shape index (κ1) is 20.3. The molecule has 0 amide bonds. The summed E-state index contributed by atoms with van der Waals surface area (Å²) in [6.07, 6.45) is 3.30. The van der Waals surface area contributed by atoms with Gasteiger partial charge in [-0.25, -0.2) is 0 Å². The van der Waals surface area contributed by atoms with Crippen LogP contribution in [0.25, 0.3) is 0 Å². The summed E-state index contributed by atoms with van der Waals surface area (Å²) in [5.41, 5.74) is 3.47. The van der Waals surface area contributed by atoms with Gasteiger partial charge >= 0.3 is 0 Å². The van der Waals surface area contributed by atoms with Gasteiger partial charge in [0.2, 0.25) is 0 Å². The van der Waals surface area contributed by atoms with Crippen molar-refractivity contribution in [3.8, 4) is 23.0 Å². The quantitative estimate of drug-likeness (QED) is 0.611. The summed E-state index contributed by atoms with van der Waals surface area (Å²) in [6, 6.07) is 10.3. The highest BCUT2D eigenvalue weighted by Gasteiger charge is 2.21. The first-order chi connectivity index (χ1) is 13.6. The molecule has 0 radical (unpaired) electrons. The Balaban J connectivity index is 1.63. The SMILES string of the molecule is CCCCOc1cc(CNCc2cc3c(cc2OC)CC(C)O3)ccc1OC. The second-order valence-corrected chi connectivity index (χ2v) is 7.20. The molecule has 1 aliphatic rings. The molecule has 1 unspecified atom stereocenters. The largest absolute Gasteiger partial charge is 0.496 e. The molecule has 0 aromatic heterocycles. The molecule has 1 atom stereocenters. The number of unbranched alkanes of at least 4 members (excludes halogenated alkanes) is 1. The average Bonchev–Trinajstić information content (AvgIpc) is 3.06. The number of methoxy groups -OCH3 is 2. The smallest absolute Gasteiger partial charge is 0.161 e. The number of rotatable bonds is 10. The lowest BCUT2D eigenvalue weighted by molar-refractivity contribution is 0.254. The zero-order chi connectivity index (χ0) is 19.9. The highest BCUT2D eigenvalue weighted by atomic mass is 16.5. The lowest BCUT2D eigenvalue weighted by Gasteiger charge is -2.14. The molecule has 1 aliphatic heterocycles. The van der Waals surface area contributed by atoms with Gasteiger partial charge in [0.1, 0.15) is 17.6 Å². The van der Waals surface area contributed by atoms with Crippen molar-refractivity contribution in [3.63, 3.8) is 0 Å². The summed E-state index contributed by atoms with van der Waals surface area (Å²) in [7, 11) is 3.39. The minimum atomic E-state index is 0.230. The number of hydrogen-bond acceptors (Lipinski definition) is 5. The van der Waals surface area contributed by atoms with Crippen molar-refractivity contribution in [2.24, 2.45) is 0 Å². The predicted octanol–water partition coefficient (Wildman–Crippen LogP) is 4.50. The van der Waals surface area contributed by atoms with Gasteiger partial charge in [0.25, 0.3) is 0 Å². The molecule has 0 aliphatic carbocycles. The van der Waals surface area contributed by atoms with E-state index in [2.05, 4.69) is 37.4 Å². The van der Waals surface area contributed by atoms with E-state index in [0.717, 1.165) is 59.9 Å². The summed E-state index contributed by atoms with van der Waals surface area (Å²) >= 11 is 0. The molecular formula is C23H31NO4. The standard InChI is InChI=1S/C23H31NO4/c1-5-6-9-27-23-11-17(7-8-20(23)25-3)14-24-15-19-13-22-18(10-16(2)28-22)12-21(19)26-4/h7-8,11-13,16,24H,5-6,9-10,14-15H2,1-4H3. The Kier molecular flexibility index (Phi) is 7.04. The molecule has 0 saturated heterocycles. The van der Waals surface area contributed by atoms with Gasteiger partial charge in [-0.2, -0.15) is 0 Å². The van der Waals surface area contributed by atoms with Gasteiger partial charge in [-0.1, -0.05) is 19.4 Å². The highest BCUT2D eigenvalue weighted by molar-refractivity contribution is 5.49. The Labute approximate surface area is 168 Å². The average molecular weight is 386 g/mol. The molecule has 2 aromatic carbocycles. The van der Waals surface area contributed by atoms with Crippen molar-refractivity contribution in [3.05, 3.63) is 47.0 Å². The van der Waals surface area contributed by atoms with Crippen LogP contribution in [-0.2, 0) is 19.5 Å². The molecule has 152 valence electrons. The molecule has 3 rings (SSSR count). The maximum atomic E-state index is 5.89. The fourth-order valence-corrected chi connectivity index (χ4v) is 3.42. The number of benzene rings is 2.